The van der Waals surface area contributed by atoms with Crippen LogP contribution in [-0.4, -0.2) is 66.1 Å². The first-order valence-electron chi connectivity index (χ1n) is 10.0. The van der Waals surface area contributed by atoms with E-state index in [1.54, 1.807) is 11.2 Å². The molecule has 162 valence electrons. The van der Waals surface area contributed by atoms with Gasteiger partial charge in [-0.3, -0.25) is 19.7 Å². The molecular weight excluding hydrogens is 406 g/mol. The molecule has 0 bridgehead atoms. The van der Waals surface area contributed by atoms with Gasteiger partial charge in [0.1, 0.15) is 5.03 Å². The first-order chi connectivity index (χ1) is 14.4. The van der Waals surface area contributed by atoms with Gasteiger partial charge in [-0.25, -0.2) is 0 Å². The van der Waals surface area contributed by atoms with Gasteiger partial charge in [0.25, 0.3) is 6.20 Å². The predicted octanol–water partition coefficient (Wildman–Crippen LogP) is 2.55. The molecule has 2 saturated heterocycles. The summed E-state index contributed by atoms with van der Waals surface area (Å²) in [6.45, 7) is 2.04. The molecule has 9 heteroatoms. The van der Waals surface area contributed by atoms with Crippen molar-refractivity contribution in [3.8, 4) is 0 Å². The molecule has 1 amide bonds. The summed E-state index contributed by atoms with van der Waals surface area (Å²) in [5.41, 5.74) is 1.22. The van der Waals surface area contributed by atoms with E-state index in [4.69, 9.17) is 4.74 Å². The van der Waals surface area contributed by atoms with Gasteiger partial charge >= 0.3 is 5.97 Å². The SMILES string of the molecule is COC(=O)[C@H]1CN(C(=C[N+](=O)[O-])SC)CC[C@@H]1C(=O)N1CC[C@H](c2ccccc2)C1. The summed E-state index contributed by atoms with van der Waals surface area (Å²) in [6.07, 6.45) is 4.07. The minimum absolute atomic E-state index is 0.0209. The minimum atomic E-state index is -0.644. The molecule has 0 unspecified atom stereocenters. The number of hydrogen-bond acceptors (Lipinski definition) is 7. The maximum absolute atomic E-state index is 13.3. The van der Waals surface area contributed by atoms with E-state index in [1.807, 2.05) is 23.1 Å². The molecule has 0 radical (unpaired) electrons. The minimum Gasteiger partial charge on any atom is -0.469 e. The van der Waals surface area contributed by atoms with Gasteiger partial charge < -0.3 is 14.5 Å². The highest BCUT2D eigenvalue weighted by Crippen LogP contribution is 2.34. The van der Waals surface area contributed by atoms with E-state index >= 15 is 0 Å². The van der Waals surface area contributed by atoms with Crippen LogP contribution >= 0.6 is 11.8 Å². The summed E-state index contributed by atoms with van der Waals surface area (Å²) in [5, 5.41) is 11.4. The molecular formula is C21H27N3O5S. The Morgan fingerprint density at radius 2 is 1.83 bits per heavy atom. The van der Waals surface area contributed by atoms with Gasteiger partial charge in [-0.05, 0) is 24.7 Å². The fourth-order valence-electron chi connectivity index (χ4n) is 4.38. The number of amides is 1. The second kappa shape index (κ2) is 9.97. The topological polar surface area (TPSA) is 93.0 Å². The van der Waals surface area contributed by atoms with Gasteiger partial charge in [-0.15, -0.1) is 11.8 Å². The number of methoxy groups -OCH3 is 1. The standard InChI is InChI=1S/C21H27N3O5S/c1-29-21(26)18-13-22(19(30-2)14-24(27)28)11-9-17(18)20(25)23-10-8-16(12-23)15-6-4-3-5-7-15/h3-7,14,16-18H,8-13H2,1-2H3/t16-,17-,18-/m0/s1. The number of thioether (sulfide) groups is 1. The Bertz CT molecular complexity index is 816. The Hall–Kier alpha value is -2.55. The normalized spacial score (nSPS) is 24.6. The highest BCUT2D eigenvalue weighted by Gasteiger charge is 2.43. The van der Waals surface area contributed by atoms with Crippen molar-refractivity contribution in [2.75, 3.05) is 39.5 Å². The zero-order valence-corrected chi connectivity index (χ0v) is 18.0. The zero-order chi connectivity index (χ0) is 21.7. The third kappa shape index (κ3) is 4.95. The molecule has 3 rings (SSSR count). The molecule has 8 nitrogen and oxygen atoms in total. The summed E-state index contributed by atoms with van der Waals surface area (Å²) >= 11 is 1.26. The molecule has 2 aliphatic rings. The molecule has 0 saturated carbocycles. The smallest absolute Gasteiger partial charge is 0.311 e. The molecule has 1 aromatic rings. The molecule has 2 fully saturated rings. The van der Waals surface area contributed by atoms with Crippen molar-refractivity contribution in [1.82, 2.24) is 9.80 Å². The molecule has 2 aliphatic heterocycles. The van der Waals surface area contributed by atoms with Crippen molar-refractivity contribution in [1.29, 1.82) is 0 Å². The van der Waals surface area contributed by atoms with Crippen molar-refractivity contribution in [2.45, 2.75) is 18.8 Å². The highest BCUT2D eigenvalue weighted by atomic mass is 32.2. The number of hydrogen-bond donors (Lipinski definition) is 0. The van der Waals surface area contributed by atoms with Gasteiger partial charge in [-0.1, -0.05) is 30.3 Å². The lowest BCUT2D eigenvalue weighted by Crippen LogP contribution is -2.49. The van der Waals surface area contributed by atoms with Crippen LogP contribution in [0.15, 0.2) is 41.6 Å². The van der Waals surface area contributed by atoms with E-state index in [9.17, 15) is 19.7 Å². The maximum Gasteiger partial charge on any atom is 0.311 e. The molecule has 0 spiro atoms. The second-order valence-corrected chi connectivity index (χ2v) is 8.43. The lowest BCUT2D eigenvalue weighted by Gasteiger charge is -2.38. The van der Waals surface area contributed by atoms with Crippen LogP contribution in [0, 0.1) is 22.0 Å². The number of rotatable bonds is 6. The summed E-state index contributed by atoms with van der Waals surface area (Å²) in [4.78, 5) is 39.9. The number of likely N-dealkylation sites (tertiary alicyclic amines) is 2. The van der Waals surface area contributed by atoms with E-state index in [1.165, 1.54) is 24.4 Å². The lowest BCUT2D eigenvalue weighted by atomic mass is 9.84. The summed E-state index contributed by atoms with van der Waals surface area (Å²) in [6, 6.07) is 10.2. The third-order valence-electron chi connectivity index (χ3n) is 5.94. The van der Waals surface area contributed by atoms with Crippen LogP contribution in [-0.2, 0) is 14.3 Å². The number of esters is 1. The summed E-state index contributed by atoms with van der Waals surface area (Å²) in [5.74, 6) is -1.28. The summed E-state index contributed by atoms with van der Waals surface area (Å²) in [7, 11) is 1.31. The van der Waals surface area contributed by atoms with Gasteiger partial charge in [0, 0.05) is 32.1 Å². The lowest BCUT2D eigenvalue weighted by molar-refractivity contribution is -0.403. The Morgan fingerprint density at radius 3 is 2.47 bits per heavy atom. The maximum atomic E-state index is 13.3. The monoisotopic (exact) mass is 433 g/mol. The Kier molecular flexibility index (Phi) is 7.36. The molecule has 2 heterocycles. The van der Waals surface area contributed by atoms with Gasteiger partial charge in [0.2, 0.25) is 5.91 Å². The van der Waals surface area contributed by atoms with Crippen molar-refractivity contribution in [2.24, 2.45) is 11.8 Å². The number of nitrogens with zero attached hydrogens (tertiary/aromatic N) is 3. The fourth-order valence-corrected chi connectivity index (χ4v) is 5.00. The van der Waals surface area contributed by atoms with E-state index in [2.05, 4.69) is 12.1 Å². The first kappa shape index (κ1) is 22.1. The zero-order valence-electron chi connectivity index (χ0n) is 17.2. The number of piperidine rings is 1. The number of nitro groups is 1. The van der Waals surface area contributed by atoms with Crippen LogP contribution in [0.2, 0.25) is 0 Å². The third-order valence-corrected chi connectivity index (χ3v) is 6.72. The molecule has 3 atom stereocenters. The molecule has 1 aromatic carbocycles. The van der Waals surface area contributed by atoms with Crippen molar-refractivity contribution in [3.05, 3.63) is 57.2 Å². The predicted molar refractivity (Wildman–Crippen MR) is 114 cm³/mol. The average Bonchev–Trinajstić information content (AvgIpc) is 3.27. The Labute approximate surface area is 180 Å². The molecule has 0 aliphatic carbocycles. The van der Waals surface area contributed by atoms with Gasteiger partial charge in [0.15, 0.2) is 0 Å². The van der Waals surface area contributed by atoms with Crippen molar-refractivity contribution < 1.29 is 19.2 Å². The van der Waals surface area contributed by atoms with E-state index in [0.29, 0.717) is 37.0 Å². The Balaban J connectivity index is 1.72. The largest absolute Gasteiger partial charge is 0.469 e. The van der Waals surface area contributed by atoms with Crippen LogP contribution in [0.5, 0.6) is 0 Å². The van der Waals surface area contributed by atoms with Crippen LogP contribution in [0.4, 0.5) is 0 Å². The van der Waals surface area contributed by atoms with E-state index in [0.717, 1.165) is 12.6 Å². The van der Waals surface area contributed by atoms with Crippen LogP contribution in [0.3, 0.4) is 0 Å². The number of ether oxygens (including phenoxy) is 1. The van der Waals surface area contributed by atoms with E-state index < -0.39 is 22.7 Å². The van der Waals surface area contributed by atoms with Crippen LogP contribution in [0.25, 0.3) is 0 Å². The second-order valence-electron chi connectivity index (χ2n) is 7.61. The molecule has 0 N–H and O–H groups in total. The Morgan fingerprint density at radius 1 is 1.13 bits per heavy atom. The van der Waals surface area contributed by atoms with Gasteiger partial charge in [0.05, 0.1) is 23.9 Å². The number of carbonyl (C=O) groups is 2. The van der Waals surface area contributed by atoms with Crippen molar-refractivity contribution in [3.63, 3.8) is 0 Å². The van der Waals surface area contributed by atoms with E-state index in [-0.39, 0.29) is 12.5 Å². The molecule has 0 aromatic heterocycles. The number of carbonyl (C=O) groups excluding carboxylic acids is 2. The van der Waals surface area contributed by atoms with Crippen molar-refractivity contribution >= 4 is 23.6 Å². The highest BCUT2D eigenvalue weighted by molar-refractivity contribution is 8.02. The molecule has 30 heavy (non-hydrogen) atoms. The summed E-state index contributed by atoms with van der Waals surface area (Å²) < 4.78 is 4.97. The van der Waals surface area contributed by atoms with Gasteiger partial charge in [-0.2, -0.15) is 0 Å². The quantitative estimate of drug-likeness (QED) is 0.387. The number of benzene rings is 1. The van der Waals surface area contributed by atoms with Crippen LogP contribution in [0.1, 0.15) is 24.3 Å². The fraction of sp³-hybridized carbons (Fsp3) is 0.524. The van der Waals surface area contributed by atoms with Crippen LogP contribution < -0.4 is 0 Å². The average molecular weight is 434 g/mol. The first-order valence-corrected chi connectivity index (χ1v) is 11.2.